The van der Waals surface area contributed by atoms with E-state index in [-0.39, 0.29) is 18.5 Å². The Morgan fingerprint density at radius 1 is 1.06 bits per heavy atom. The Morgan fingerprint density at radius 3 is 2.42 bits per heavy atom. The molecule has 31 heavy (non-hydrogen) atoms. The SMILES string of the molecule is COC(=O)C1CCN(Cc2ccc(OC)c(OC[C@@H](O)CN3CCN(C)CC3)c2)CC1. The number of carbonyl (C=O) groups is 1. The minimum absolute atomic E-state index is 0.0119. The fourth-order valence-electron chi connectivity index (χ4n) is 4.25. The molecule has 2 aliphatic heterocycles. The molecular formula is C23H37N3O5. The first-order valence-electron chi connectivity index (χ1n) is 11.2. The number of carbonyl (C=O) groups excluding carboxylic acids is 1. The van der Waals surface area contributed by atoms with Gasteiger partial charge in [-0.15, -0.1) is 0 Å². The number of β-amino-alcohol motifs (C(OH)–C–C–N with tert-alkyl or cyclic N) is 1. The molecule has 3 rings (SSSR count). The number of piperazine rings is 1. The fourth-order valence-corrected chi connectivity index (χ4v) is 4.25. The molecule has 2 fully saturated rings. The van der Waals surface area contributed by atoms with Crippen molar-refractivity contribution in [3.8, 4) is 11.5 Å². The maximum Gasteiger partial charge on any atom is 0.308 e. The monoisotopic (exact) mass is 435 g/mol. The summed E-state index contributed by atoms with van der Waals surface area (Å²) in [6.45, 7) is 7.37. The van der Waals surface area contributed by atoms with Crippen molar-refractivity contribution in [1.29, 1.82) is 0 Å². The summed E-state index contributed by atoms with van der Waals surface area (Å²) in [5, 5.41) is 10.4. The highest BCUT2D eigenvalue weighted by Gasteiger charge is 2.25. The van der Waals surface area contributed by atoms with Gasteiger partial charge in [-0.3, -0.25) is 14.6 Å². The van der Waals surface area contributed by atoms with Crippen LogP contribution in [-0.2, 0) is 16.1 Å². The molecule has 0 bridgehead atoms. The van der Waals surface area contributed by atoms with Crippen LogP contribution in [0.15, 0.2) is 18.2 Å². The number of esters is 1. The molecule has 2 saturated heterocycles. The van der Waals surface area contributed by atoms with E-state index in [9.17, 15) is 9.90 Å². The molecule has 0 aromatic heterocycles. The quantitative estimate of drug-likeness (QED) is 0.578. The molecular weight excluding hydrogens is 398 g/mol. The average Bonchev–Trinajstić information content (AvgIpc) is 2.79. The maximum absolute atomic E-state index is 11.7. The predicted molar refractivity (Wildman–Crippen MR) is 118 cm³/mol. The van der Waals surface area contributed by atoms with E-state index in [1.54, 1.807) is 7.11 Å². The van der Waals surface area contributed by atoms with Crippen LogP contribution in [0.25, 0.3) is 0 Å². The van der Waals surface area contributed by atoms with Crippen molar-refractivity contribution in [3.05, 3.63) is 23.8 Å². The van der Waals surface area contributed by atoms with Crippen LogP contribution in [0, 0.1) is 5.92 Å². The number of hydrogen-bond donors (Lipinski definition) is 1. The lowest BCUT2D eigenvalue weighted by Gasteiger charge is -2.33. The van der Waals surface area contributed by atoms with Crippen LogP contribution in [-0.4, -0.2) is 106 Å². The molecule has 2 aliphatic rings. The summed E-state index contributed by atoms with van der Waals surface area (Å²) in [5.41, 5.74) is 1.13. The Balaban J connectivity index is 1.50. The van der Waals surface area contributed by atoms with Crippen LogP contribution in [0.4, 0.5) is 0 Å². The van der Waals surface area contributed by atoms with Crippen LogP contribution >= 0.6 is 0 Å². The molecule has 174 valence electrons. The van der Waals surface area contributed by atoms with E-state index in [1.807, 2.05) is 18.2 Å². The molecule has 1 N–H and O–H groups in total. The molecule has 1 aromatic rings. The van der Waals surface area contributed by atoms with E-state index < -0.39 is 6.10 Å². The largest absolute Gasteiger partial charge is 0.493 e. The third-order valence-corrected chi connectivity index (χ3v) is 6.25. The summed E-state index contributed by atoms with van der Waals surface area (Å²) < 4.78 is 16.3. The summed E-state index contributed by atoms with van der Waals surface area (Å²) in [5.74, 6) is 1.23. The topological polar surface area (TPSA) is 74.7 Å². The number of likely N-dealkylation sites (N-methyl/N-ethyl adjacent to an activating group) is 1. The third kappa shape index (κ3) is 7.07. The Hall–Kier alpha value is -1.87. The molecule has 0 saturated carbocycles. The fraction of sp³-hybridized carbons (Fsp3) is 0.696. The number of benzene rings is 1. The van der Waals surface area contributed by atoms with Crippen molar-refractivity contribution in [2.24, 2.45) is 5.92 Å². The van der Waals surface area contributed by atoms with E-state index in [0.29, 0.717) is 18.0 Å². The molecule has 8 heteroatoms. The molecule has 8 nitrogen and oxygen atoms in total. The lowest BCUT2D eigenvalue weighted by atomic mass is 9.96. The number of piperidine rings is 1. The molecule has 2 heterocycles. The van der Waals surface area contributed by atoms with Crippen LogP contribution in [0.2, 0.25) is 0 Å². The Kier molecular flexibility index (Phi) is 8.95. The van der Waals surface area contributed by atoms with Gasteiger partial charge in [0, 0.05) is 39.3 Å². The van der Waals surface area contributed by atoms with E-state index in [1.165, 1.54) is 7.11 Å². The highest BCUT2D eigenvalue weighted by atomic mass is 16.5. The second-order valence-corrected chi connectivity index (χ2v) is 8.63. The number of likely N-dealkylation sites (tertiary alicyclic amines) is 1. The van der Waals surface area contributed by atoms with Gasteiger partial charge in [-0.05, 0) is 50.7 Å². The average molecular weight is 436 g/mol. The van der Waals surface area contributed by atoms with Gasteiger partial charge < -0.3 is 24.2 Å². The number of aliphatic hydroxyl groups is 1. The zero-order chi connectivity index (χ0) is 22.2. The minimum atomic E-state index is -0.547. The number of hydrogen-bond acceptors (Lipinski definition) is 8. The number of rotatable bonds is 9. The highest BCUT2D eigenvalue weighted by Crippen LogP contribution is 2.29. The van der Waals surface area contributed by atoms with Gasteiger partial charge in [-0.25, -0.2) is 0 Å². The number of aliphatic hydroxyl groups excluding tert-OH is 1. The molecule has 1 atom stereocenters. The summed E-state index contributed by atoms with van der Waals surface area (Å²) in [4.78, 5) is 18.6. The van der Waals surface area contributed by atoms with Crippen LogP contribution < -0.4 is 9.47 Å². The van der Waals surface area contributed by atoms with Crippen LogP contribution in [0.3, 0.4) is 0 Å². The predicted octanol–water partition coefficient (Wildman–Crippen LogP) is 1.07. The lowest BCUT2D eigenvalue weighted by molar-refractivity contribution is -0.147. The van der Waals surface area contributed by atoms with E-state index in [2.05, 4.69) is 21.7 Å². The zero-order valence-electron chi connectivity index (χ0n) is 19.1. The molecule has 0 spiro atoms. The standard InChI is InChI=1S/C23H37N3O5/c1-24-10-12-26(13-11-24)16-20(27)17-31-22-14-18(4-5-21(22)29-2)15-25-8-6-19(7-9-25)23(28)30-3/h4-5,14,19-20,27H,6-13,15-17H2,1-3H3/t20-/m0/s1. The third-order valence-electron chi connectivity index (χ3n) is 6.25. The van der Waals surface area contributed by atoms with Gasteiger partial charge in [-0.2, -0.15) is 0 Å². The molecule has 0 unspecified atom stereocenters. The Bertz CT molecular complexity index is 700. The van der Waals surface area contributed by atoms with Gasteiger partial charge in [0.15, 0.2) is 11.5 Å². The van der Waals surface area contributed by atoms with Crippen LogP contribution in [0.1, 0.15) is 18.4 Å². The maximum atomic E-state index is 11.7. The van der Waals surface area contributed by atoms with Crippen LogP contribution in [0.5, 0.6) is 11.5 Å². The summed E-state index contributed by atoms with van der Waals surface area (Å²) in [6.07, 6.45) is 1.10. The Labute approximate surface area is 185 Å². The van der Waals surface area contributed by atoms with Crippen molar-refractivity contribution in [2.75, 3.05) is 73.7 Å². The number of methoxy groups -OCH3 is 2. The van der Waals surface area contributed by atoms with E-state index in [4.69, 9.17) is 14.2 Å². The number of nitrogens with zero attached hydrogens (tertiary/aromatic N) is 3. The van der Waals surface area contributed by atoms with Crippen molar-refractivity contribution in [2.45, 2.75) is 25.5 Å². The van der Waals surface area contributed by atoms with Crippen molar-refractivity contribution < 1.29 is 24.1 Å². The zero-order valence-corrected chi connectivity index (χ0v) is 19.1. The molecule has 1 aromatic carbocycles. The van der Waals surface area contributed by atoms with Gasteiger partial charge in [0.05, 0.1) is 20.1 Å². The lowest BCUT2D eigenvalue weighted by Crippen LogP contribution is -2.47. The van der Waals surface area contributed by atoms with Gasteiger partial charge in [0.1, 0.15) is 12.7 Å². The highest BCUT2D eigenvalue weighted by molar-refractivity contribution is 5.72. The van der Waals surface area contributed by atoms with Gasteiger partial charge >= 0.3 is 5.97 Å². The second kappa shape index (κ2) is 11.7. The second-order valence-electron chi connectivity index (χ2n) is 8.63. The van der Waals surface area contributed by atoms with Crippen molar-refractivity contribution in [1.82, 2.24) is 14.7 Å². The van der Waals surface area contributed by atoms with Gasteiger partial charge in [0.2, 0.25) is 0 Å². The summed E-state index contributed by atoms with van der Waals surface area (Å²) in [6, 6.07) is 5.95. The molecule has 0 amide bonds. The van der Waals surface area contributed by atoms with Crippen molar-refractivity contribution >= 4 is 5.97 Å². The van der Waals surface area contributed by atoms with Gasteiger partial charge in [0.25, 0.3) is 0 Å². The van der Waals surface area contributed by atoms with E-state index in [0.717, 1.165) is 64.2 Å². The first-order valence-corrected chi connectivity index (χ1v) is 11.2. The number of ether oxygens (including phenoxy) is 3. The normalized spacial score (nSPS) is 20.4. The molecule has 0 radical (unpaired) electrons. The van der Waals surface area contributed by atoms with Gasteiger partial charge in [-0.1, -0.05) is 6.07 Å². The first-order chi connectivity index (χ1) is 15.0. The van der Waals surface area contributed by atoms with Crippen molar-refractivity contribution in [3.63, 3.8) is 0 Å². The summed E-state index contributed by atoms with van der Waals surface area (Å²) >= 11 is 0. The smallest absolute Gasteiger partial charge is 0.308 e. The van der Waals surface area contributed by atoms with E-state index >= 15 is 0 Å². The minimum Gasteiger partial charge on any atom is -0.493 e. The molecule has 0 aliphatic carbocycles. The summed E-state index contributed by atoms with van der Waals surface area (Å²) in [7, 11) is 5.20. The first kappa shape index (κ1) is 23.8. The Morgan fingerprint density at radius 2 is 1.77 bits per heavy atom.